The maximum Gasteiger partial charge on any atom is 0.306 e. The zero-order valence-electron chi connectivity index (χ0n) is 42.0. The average Bonchev–Trinajstić information content (AvgIpc) is 3.29. The van der Waals surface area contributed by atoms with Crippen LogP contribution in [-0.4, -0.2) is 37.2 Å². The van der Waals surface area contributed by atoms with Gasteiger partial charge in [0.15, 0.2) is 6.10 Å². The van der Waals surface area contributed by atoms with Gasteiger partial charge in [0, 0.05) is 19.3 Å². The Labute approximate surface area is 395 Å². The highest BCUT2D eigenvalue weighted by atomic mass is 16.6. The smallest absolute Gasteiger partial charge is 0.306 e. The summed E-state index contributed by atoms with van der Waals surface area (Å²) >= 11 is 0. The molecule has 0 radical (unpaired) electrons. The Kier molecular flexibility index (Phi) is 49.9. The third-order valence-corrected chi connectivity index (χ3v) is 11.5. The van der Waals surface area contributed by atoms with Crippen molar-refractivity contribution in [3.8, 4) is 0 Å². The van der Waals surface area contributed by atoms with Crippen molar-refractivity contribution >= 4 is 17.9 Å². The largest absolute Gasteiger partial charge is 0.462 e. The molecule has 64 heavy (non-hydrogen) atoms. The van der Waals surface area contributed by atoms with Crippen LogP contribution in [0.3, 0.4) is 0 Å². The molecule has 0 N–H and O–H groups in total. The average molecular weight is 893 g/mol. The molecule has 0 bridgehead atoms. The SMILES string of the molecule is CC\C=C/C=C\C=C/CCCCCCCCCC(=O)OC(COC(=O)CC/C=C\C/C=C\CCCCCCCC)COC(=O)CCCCCCC/C=C\CCCCCCCCCCC. The molecule has 0 rings (SSSR count). The Balaban J connectivity index is 4.44. The second kappa shape index (κ2) is 52.5. The molecule has 0 amide bonds. The fraction of sp³-hybridized carbons (Fsp3) is 0.741. The summed E-state index contributed by atoms with van der Waals surface area (Å²) in [6.45, 7) is 6.44. The molecule has 1 atom stereocenters. The van der Waals surface area contributed by atoms with Crippen molar-refractivity contribution in [2.45, 2.75) is 264 Å². The number of esters is 3. The van der Waals surface area contributed by atoms with Crippen molar-refractivity contribution in [1.82, 2.24) is 0 Å². The predicted octanol–water partition coefficient (Wildman–Crippen LogP) is 17.8. The molecule has 0 aromatic carbocycles. The van der Waals surface area contributed by atoms with E-state index in [4.69, 9.17) is 14.2 Å². The molecule has 6 heteroatoms. The zero-order valence-corrected chi connectivity index (χ0v) is 42.0. The van der Waals surface area contributed by atoms with Crippen LogP contribution in [0.1, 0.15) is 258 Å². The Morgan fingerprint density at radius 1 is 0.344 bits per heavy atom. The molecule has 368 valence electrons. The van der Waals surface area contributed by atoms with E-state index in [0.717, 1.165) is 77.0 Å². The molecular weight excluding hydrogens is 793 g/mol. The van der Waals surface area contributed by atoms with Crippen LogP contribution < -0.4 is 0 Å². The van der Waals surface area contributed by atoms with Gasteiger partial charge in [-0.25, -0.2) is 0 Å². The molecule has 0 heterocycles. The van der Waals surface area contributed by atoms with E-state index >= 15 is 0 Å². The molecule has 0 aliphatic carbocycles. The van der Waals surface area contributed by atoms with Gasteiger partial charge in [-0.05, 0) is 83.5 Å². The van der Waals surface area contributed by atoms with Crippen molar-refractivity contribution in [1.29, 1.82) is 0 Å². The van der Waals surface area contributed by atoms with Gasteiger partial charge in [-0.2, -0.15) is 0 Å². The summed E-state index contributed by atoms with van der Waals surface area (Å²) in [7, 11) is 0. The molecule has 0 saturated carbocycles. The van der Waals surface area contributed by atoms with Gasteiger partial charge in [-0.3, -0.25) is 14.4 Å². The van der Waals surface area contributed by atoms with Crippen LogP contribution >= 0.6 is 0 Å². The Hall–Kier alpha value is -3.15. The highest BCUT2D eigenvalue weighted by Gasteiger charge is 2.19. The lowest BCUT2D eigenvalue weighted by Gasteiger charge is -2.18. The van der Waals surface area contributed by atoms with Crippen LogP contribution in [0.25, 0.3) is 0 Å². The lowest BCUT2D eigenvalue weighted by Crippen LogP contribution is -2.30. The lowest BCUT2D eigenvalue weighted by atomic mass is 10.1. The van der Waals surface area contributed by atoms with E-state index < -0.39 is 6.10 Å². The van der Waals surface area contributed by atoms with Crippen molar-refractivity contribution < 1.29 is 28.6 Å². The Morgan fingerprint density at radius 3 is 1.17 bits per heavy atom. The molecule has 0 aliphatic heterocycles. The van der Waals surface area contributed by atoms with Crippen molar-refractivity contribution in [3.05, 3.63) is 72.9 Å². The van der Waals surface area contributed by atoms with E-state index in [9.17, 15) is 14.4 Å². The van der Waals surface area contributed by atoms with E-state index in [-0.39, 0.29) is 37.5 Å². The number of allylic oxidation sites excluding steroid dienone is 12. The summed E-state index contributed by atoms with van der Waals surface area (Å²) < 4.78 is 16.7. The van der Waals surface area contributed by atoms with Gasteiger partial charge in [0.1, 0.15) is 13.2 Å². The van der Waals surface area contributed by atoms with E-state index in [1.807, 2.05) is 6.08 Å². The molecule has 0 saturated heterocycles. The lowest BCUT2D eigenvalue weighted by molar-refractivity contribution is -0.166. The zero-order chi connectivity index (χ0) is 46.5. The maximum absolute atomic E-state index is 12.8. The van der Waals surface area contributed by atoms with Crippen LogP contribution in [0.4, 0.5) is 0 Å². The molecule has 6 nitrogen and oxygen atoms in total. The quantitative estimate of drug-likeness (QED) is 0.0199. The van der Waals surface area contributed by atoms with Gasteiger partial charge < -0.3 is 14.2 Å². The summed E-state index contributed by atoms with van der Waals surface area (Å²) in [5.41, 5.74) is 0. The first-order chi connectivity index (χ1) is 31.5. The topological polar surface area (TPSA) is 78.9 Å². The van der Waals surface area contributed by atoms with Crippen molar-refractivity contribution in [3.63, 3.8) is 0 Å². The minimum Gasteiger partial charge on any atom is -0.462 e. The van der Waals surface area contributed by atoms with Gasteiger partial charge >= 0.3 is 17.9 Å². The first kappa shape index (κ1) is 60.9. The van der Waals surface area contributed by atoms with Crippen LogP contribution in [0, 0.1) is 0 Å². The van der Waals surface area contributed by atoms with Crippen molar-refractivity contribution in [2.75, 3.05) is 13.2 Å². The third kappa shape index (κ3) is 49.9. The number of ether oxygens (including phenoxy) is 3. The summed E-state index contributed by atoms with van der Waals surface area (Å²) in [4.78, 5) is 38.0. The predicted molar refractivity (Wildman–Crippen MR) is 274 cm³/mol. The summed E-state index contributed by atoms with van der Waals surface area (Å²) in [5, 5.41) is 0. The molecular formula is C58H100O6. The number of unbranched alkanes of at least 4 members (excludes halogenated alkanes) is 27. The number of rotatable bonds is 48. The van der Waals surface area contributed by atoms with Gasteiger partial charge in [-0.15, -0.1) is 0 Å². The maximum atomic E-state index is 12.8. The molecule has 1 unspecified atom stereocenters. The molecule has 0 aromatic rings. The fourth-order valence-corrected chi connectivity index (χ4v) is 7.43. The van der Waals surface area contributed by atoms with Gasteiger partial charge in [-0.1, -0.05) is 229 Å². The second-order valence-electron chi connectivity index (χ2n) is 17.8. The number of hydrogen-bond donors (Lipinski definition) is 0. The highest BCUT2D eigenvalue weighted by molar-refractivity contribution is 5.71. The van der Waals surface area contributed by atoms with Gasteiger partial charge in [0.2, 0.25) is 0 Å². The van der Waals surface area contributed by atoms with Crippen LogP contribution in [0.5, 0.6) is 0 Å². The second-order valence-corrected chi connectivity index (χ2v) is 17.8. The number of carbonyl (C=O) groups excluding carboxylic acids is 3. The Bertz CT molecular complexity index is 1210. The minimum atomic E-state index is -0.807. The van der Waals surface area contributed by atoms with Crippen LogP contribution in [-0.2, 0) is 28.6 Å². The third-order valence-electron chi connectivity index (χ3n) is 11.5. The van der Waals surface area contributed by atoms with E-state index in [1.165, 1.54) is 135 Å². The fourth-order valence-electron chi connectivity index (χ4n) is 7.43. The monoisotopic (exact) mass is 893 g/mol. The first-order valence-corrected chi connectivity index (χ1v) is 27.0. The molecule has 0 spiro atoms. The Morgan fingerprint density at radius 2 is 0.703 bits per heavy atom. The summed E-state index contributed by atoms with van der Waals surface area (Å²) in [5.74, 6) is -0.989. The number of carbonyl (C=O) groups is 3. The molecule has 0 aliphatic rings. The van der Waals surface area contributed by atoms with Gasteiger partial charge in [0.25, 0.3) is 0 Å². The number of hydrogen-bond acceptors (Lipinski definition) is 6. The summed E-state index contributed by atoms with van der Waals surface area (Å²) in [6, 6.07) is 0. The van der Waals surface area contributed by atoms with E-state index in [1.54, 1.807) is 0 Å². The summed E-state index contributed by atoms with van der Waals surface area (Å²) in [6.07, 6.45) is 66.2. The van der Waals surface area contributed by atoms with E-state index in [0.29, 0.717) is 19.3 Å². The van der Waals surface area contributed by atoms with Crippen LogP contribution in [0.2, 0.25) is 0 Å². The molecule has 0 fully saturated rings. The normalized spacial score (nSPS) is 12.6. The first-order valence-electron chi connectivity index (χ1n) is 27.0. The minimum absolute atomic E-state index is 0.102. The highest BCUT2D eigenvalue weighted by Crippen LogP contribution is 2.14. The standard InChI is InChI=1S/C58H100O6/c1-4-7-10-13-16-19-22-25-27-28-29-31-33-36-39-42-45-48-51-57(60)63-54-55(53-62-56(59)50-47-44-41-38-35-32-24-21-18-15-12-9-6-3)64-58(61)52-49-46-43-40-37-34-30-26-23-20-17-14-11-8-5-2/h8,11,14,17,20,23,29,31-32,35,41,44,55H,4-7,9-10,12-13,15-16,18-19,21-22,24-28,30,33-34,36-40,42-43,45-54H2,1-3H3/b11-8-,17-14-,23-20-,31-29-,35-32-,44-41-. The molecule has 0 aromatic heterocycles. The van der Waals surface area contributed by atoms with Crippen molar-refractivity contribution in [2.24, 2.45) is 0 Å². The van der Waals surface area contributed by atoms with E-state index in [2.05, 4.69) is 87.6 Å². The van der Waals surface area contributed by atoms with Crippen LogP contribution in [0.15, 0.2) is 72.9 Å². The van der Waals surface area contributed by atoms with Gasteiger partial charge in [0.05, 0.1) is 0 Å².